The smallest absolute Gasteiger partial charge is 0.343 e. The lowest BCUT2D eigenvalue weighted by molar-refractivity contribution is -0.120. The van der Waals surface area contributed by atoms with Crippen LogP contribution in [0.2, 0.25) is 5.02 Å². The van der Waals surface area contributed by atoms with Gasteiger partial charge in [-0.25, -0.2) is 4.79 Å². The van der Waals surface area contributed by atoms with Crippen LogP contribution in [0.15, 0.2) is 36.4 Å². The van der Waals surface area contributed by atoms with Crippen molar-refractivity contribution >= 4 is 24.0 Å². The Morgan fingerprint density at radius 3 is 2.23 bits per heavy atom. The van der Waals surface area contributed by atoms with Gasteiger partial charge in [0, 0.05) is 5.02 Å². The second-order valence-electron chi connectivity index (χ2n) is 7.97. The molecule has 0 aliphatic heterocycles. The van der Waals surface area contributed by atoms with E-state index in [0.717, 1.165) is 18.7 Å². The fraction of sp³-hybridized carbons (Fsp3) is 0.417. The minimum absolute atomic E-state index is 0.138. The van der Waals surface area contributed by atoms with E-state index in [1.807, 2.05) is 26.8 Å². The van der Waals surface area contributed by atoms with Crippen molar-refractivity contribution in [1.82, 2.24) is 4.90 Å². The molecular weight excluding hydrogens is 402 g/mol. The van der Waals surface area contributed by atoms with Gasteiger partial charge in [0.05, 0.1) is 5.56 Å². The molecule has 2 rings (SSSR count). The predicted octanol–water partition coefficient (Wildman–Crippen LogP) is 5.66. The van der Waals surface area contributed by atoms with Gasteiger partial charge in [0.25, 0.3) is 6.47 Å². The fourth-order valence-corrected chi connectivity index (χ4v) is 2.63. The molecule has 0 spiro atoms. The van der Waals surface area contributed by atoms with Crippen LogP contribution < -0.4 is 9.47 Å². The van der Waals surface area contributed by atoms with Crippen LogP contribution in [-0.2, 0) is 10.2 Å². The maximum Gasteiger partial charge on any atom is 0.343 e. The number of esters is 1. The molecule has 0 heterocycles. The van der Waals surface area contributed by atoms with Gasteiger partial charge < -0.3 is 14.4 Å². The van der Waals surface area contributed by atoms with Gasteiger partial charge in [0.15, 0.2) is 11.5 Å². The third-order valence-electron chi connectivity index (χ3n) is 4.62. The van der Waals surface area contributed by atoms with Crippen LogP contribution in [0.4, 0.5) is 0 Å². The highest BCUT2D eigenvalue weighted by molar-refractivity contribution is 6.30. The first-order valence-electron chi connectivity index (χ1n) is 9.95. The van der Waals surface area contributed by atoms with Crippen molar-refractivity contribution in [2.45, 2.75) is 47.0 Å². The number of carbonyl (C=O) groups is 2. The summed E-state index contributed by atoms with van der Waals surface area (Å²) in [4.78, 5) is 25.4. The Hall–Kier alpha value is -2.37. The summed E-state index contributed by atoms with van der Waals surface area (Å²) in [5, 5.41) is 0.439. The first kappa shape index (κ1) is 25.7. The van der Waals surface area contributed by atoms with Gasteiger partial charge in [0.1, 0.15) is 0 Å². The molecule has 0 unspecified atom stereocenters. The summed E-state index contributed by atoms with van der Waals surface area (Å²) in [5.41, 5.74) is 1.86. The Bertz CT molecular complexity index is 855. The number of benzene rings is 2. The Kier molecular flexibility index (Phi) is 10.0. The normalized spacial score (nSPS) is 10.8. The molecule has 2 aromatic carbocycles. The van der Waals surface area contributed by atoms with Crippen LogP contribution in [0.3, 0.4) is 0 Å². The van der Waals surface area contributed by atoms with E-state index in [1.165, 1.54) is 6.07 Å². The van der Waals surface area contributed by atoms with Gasteiger partial charge in [-0.2, -0.15) is 0 Å². The van der Waals surface area contributed by atoms with Crippen molar-refractivity contribution < 1.29 is 19.1 Å². The lowest BCUT2D eigenvalue weighted by atomic mass is 9.86. The summed E-state index contributed by atoms with van der Waals surface area (Å²) < 4.78 is 10.5. The second kappa shape index (κ2) is 11.7. The summed E-state index contributed by atoms with van der Waals surface area (Å²) in [6, 6.07) is 10.1. The Morgan fingerprint density at radius 1 is 1.13 bits per heavy atom. The zero-order chi connectivity index (χ0) is 22.9. The number of hydrogen-bond acceptors (Lipinski definition) is 5. The van der Waals surface area contributed by atoms with Crippen LogP contribution >= 0.6 is 11.6 Å². The van der Waals surface area contributed by atoms with E-state index in [4.69, 9.17) is 21.1 Å². The molecule has 0 atom stereocenters. The molecule has 0 radical (unpaired) electrons. The lowest BCUT2D eigenvalue weighted by Gasteiger charge is -2.22. The number of ether oxygens (including phenoxy) is 2. The van der Waals surface area contributed by atoms with E-state index in [1.54, 1.807) is 31.2 Å². The summed E-state index contributed by atoms with van der Waals surface area (Å²) >= 11 is 5.90. The minimum atomic E-state index is -0.570. The number of nitrogens with zero attached hydrogens (tertiary/aromatic N) is 1. The summed E-state index contributed by atoms with van der Waals surface area (Å²) in [6.07, 6.45) is 0. The molecule has 0 saturated carbocycles. The van der Waals surface area contributed by atoms with Crippen molar-refractivity contribution in [2.24, 2.45) is 0 Å². The van der Waals surface area contributed by atoms with Crippen molar-refractivity contribution in [3.05, 3.63) is 58.1 Å². The number of halogens is 1. The largest absolute Gasteiger partial charge is 0.425 e. The highest BCUT2D eigenvalue weighted by atomic mass is 35.5. The molecule has 0 saturated heterocycles. The highest BCUT2D eigenvalue weighted by Crippen LogP contribution is 2.37. The second-order valence-corrected chi connectivity index (χ2v) is 8.41. The van der Waals surface area contributed by atoms with Gasteiger partial charge in [-0.1, -0.05) is 58.4 Å². The Balaban J connectivity index is 0.000000656. The Labute approximate surface area is 184 Å². The van der Waals surface area contributed by atoms with Crippen molar-refractivity contribution in [1.29, 1.82) is 0 Å². The van der Waals surface area contributed by atoms with Crippen LogP contribution in [0.25, 0.3) is 0 Å². The number of aryl methyl sites for hydroxylation is 1. The number of carbonyl (C=O) groups excluding carboxylic acids is 2. The first-order valence-corrected chi connectivity index (χ1v) is 10.3. The predicted molar refractivity (Wildman–Crippen MR) is 122 cm³/mol. The number of hydrogen-bond donors (Lipinski definition) is 0. The molecule has 6 heteroatoms. The van der Waals surface area contributed by atoms with Gasteiger partial charge in [-0.05, 0) is 67.9 Å². The van der Waals surface area contributed by atoms with Gasteiger partial charge in [-0.3, -0.25) is 4.79 Å². The molecular formula is C24H32ClNO4. The summed E-state index contributed by atoms with van der Waals surface area (Å²) in [5.74, 6) is -0.134. The van der Waals surface area contributed by atoms with E-state index in [2.05, 4.69) is 25.8 Å². The molecule has 0 aromatic heterocycles. The lowest BCUT2D eigenvalue weighted by Crippen LogP contribution is -2.15. The minimum Gasteiger partial charge on any atom is -0.425 e. The maximum atomic E-state index is 12.3. The van der Waals surface area contributed by atoms with Gasteiger partial charge in [0.2, 0.25) is 0 Å². The molecule has 0 aliphatic carbocycles. The average Bonchev–Trinajstić information content (AvgIpc) is 2.69. The summed E-state index contributed by atoms with van der Waals surface area (Å²) in [6.45, 7) is 14.9. The van der Waals surface area contributed by atoms with E-state index < -0.39 is 5.97 Å². The topological polar surface area (TPSA) is 55.8 Å². The van der Waals surface area contributed by atoms with E-state index in [0.29, 0.717) is 22.6 Å². The van der Waals surface area contributed by atoms with Crippen LogP contribution in [-0.4, -0.2) is 37.5 Å². The zero-order valence-corrected chi connectivity index (χ0v) is 19.7. The first-order chi connectivity index (χ1) is 14.0. The molecule has 0 fully saturated rings. The molecule has 0 amide bonds. The van der Waals surface area contributed by atoms with Crippen LogP contribution in [0.1, 0.15) is 56.1 Å². The van der Waals surface area contributed by atoms with E-state index in [-0.39, 0.29) is 16.9 Å². The third kappa shape index (κ3) is 7.81. The quantitative estimate of drug-likeness (QED) is 0.334. The van der Waals surface area contributed by atoms with Crippen LogP contribution in [0, 0.1) is 6.92 Å². The Morgan fingerprint density at radius 2 is 1.77 bits per heavy atom. The van der Waals surface area contributed by atoms with Crippen molar-refractivity contribution in [3.63, 3.8) is 0 Å². The SMILES string of the molecule is CCN(C)CC.Cc1cc(C(C)(C)C)cc(OC=O)c1OC(=O)c1cccc(Cl)c1. The molecule has 0 aliphatic rings. The fourth-order valence-electron chi connectivity index (χ4n) is 2.44. The van der Waals surface area contributed by atoms with Crippen molar-refractivity contribution in [3.8, 4) is 11.5 Å². The highest BCUT2D eigenvalue weighted by Gasteiger charge is 2.21. The van der Waals surface area contributed by atoms with Crippen LogP contribution in [0.5, 0.6) is 11.5 Å². The standard InChI is InChI=1S/C19H19ClO4.C5H13N/c1-12-8-14(19(2,3)4)10-16(23-11-21)17(12)24-18(22)13-6-5-7-15(20)9-13;1-4-6(3)5-2/h5-11H,1-4H3;4-5H2,1-3H3. The molecule has 164 valence electrons. The monoisotopic (exact) mass is 433 g/mol. The van der Waals surface area contributed by atoms with E-state index in [9.17, 15) is 9.59 Å². The molecule has 5 nitrogen and oxygen atoms in total. The van der Waals surface area contributed by atoms with E-state index >= 15 is 0 Å². The zero-order valence-electron chi connectivity index (χ0n) is 18.9. The molecule has 0 N–H and O–H groups in total. The molecule has 30 heavy (non-hydrogen) atoms. The third-order valence-corrected chi connectivity index (χ3v) is 4.85. The van der Waals surface area contributed by atoms with Gasteiger partial charge >= 0.3 is 5.97 Å². The average molecular weight is 434 g/mol. The van der Waals surface area contributed by atoms with Gasteiger partial charge in [-0.15, -0.1) is 0 Å². The summed E-state index contributed by atoms with van der Waals surface area (Å²) in [7, 11) is 2.11. The maximum absolute atomic E-state index is 12.3. The number of rotatable bonds is 6. The molecule has 2 aromatic rings. The van der Waals surface area contributed by atoms with Crippen molar-refractivity contribution in [2.75, 3.05) is 20.1 Å². The molecule has 0 bridgehead atoms.